The van der Waals surface area contributed by atoms with E-state index < -0.39 is 0 Å². The molecule has 0 aliphatic heterocycles. The monoisotopic (exact) mass is 285 g/mol. The van der Waals surface area contributed by atoms with Gasteiger partial charge < -0.3 is 5.32 Å². The Kier molecular flexibility index (Phi) is 4.40. The van der Waals surface area contributed by atoms with Gasteiger partial charge in [-0.15, -0.1) is 0 Å². The van der Waals surface area contributed by atoms with E-state index in [0.717, 1.165) is 24.3 Å². The lowest BCUT2D eigenvalue weighted by Gasteiger charge is -2.41. The Morgan fingerprint density at radius 1 is 1.05 bits per heavy atom. The van der Waals surface area contributed by atoms with Crippen LogP contribution in [-0.4, -0.2) is 13.6 Å². The largest absolute Gasteiger partial charge is 0.319 e. The van der Waals surface area contributed by atoms with Crippen molar-refractivity contribution in [2.45, 2.75) is 64.2 Å². The summed E-state index contributed by atoms with van der Waals surface area (Å²) in [5, 5.41) is 3.41. The van der Waals surface area contributed by atoms with Crippen molar-refractivity contribution in [3.8, 4) is 0 Å². The van der Waals surface area contributed by atoms with Crippen LogP contribution >= 0.6 is 0 Å². The van der Waals surface area contributed by atoms with Crippen LogP contribution in [0.3, 0.4) is 0 Å². The molecule has 0 bridgehead atoms. The van der Waals surface area contributed by atoms with E-state index in [2.05, 4.69) is 50.5 Å². The summed E-state index contributed by atoms with van der Waals surface area (Å²) in [7, 11) is 2.09. The van der Waals surface area contributed by atoms with Gasteiger partial charge in [-0.1, -0.05) is 44.5 Å². The predicted molar refractivity (Wildman–Crippen MR) is 90.8 cm³/mol. The molecule has 1 heteroatoms. The minimum atomic E-state index is 0.502. The molecule has 2 aliphatic rings. The summed E-state index contributed by atoms with van der Waals surface area (Å²) in [6, 6.07) is 9.69. The number of benzene rings is 1. The van der Waals surface area contributed by atoms with E-state index in [0.29, 0.717) is 5.41 Å². The van der Waals surface area contributed by atoms with E-state index in [1.165, 1.54) is 38.5 Å². The molecule has 116 valence electrons. The molecule has 0 radical (unpaired) electrons. The quantitative estimate of drug-likeness (QED) is 0.813. The van der Waals surface area contributed by atoms with Crippen LogP contribution in [0.2, 0.25) is 0 Å². The molecule has 0 saturated heterocycles. The lowest BCUT2D eigenvalue weighted by molar-refractivity contribution is 0.161. The van der Waals surface area contributed by atoms with Crippen molar-refractivity contribution in [3.05, 3.63) is 35.4 Å². The maximum absolute atomic E-state index is 3.41. The first-order chi connectivity index (χ1) is 10.1. The first-order valence-corrected chi connectivity index (χ1v) is 8.83. The molecule has 3 rings (SSSR count). The molecule has 1 aromatic rings. The van der Waals surface area contributed by atoms with Crippen LogP contribution in [0.15, 0.2) is 24.3 Å². The molecule has 0 amide bonds. The zero-order valence-electron chi connectivity index (χ0n) is 14.0. The molecule has 1 nitrogen and oxygen atoms in total. The summed E-state index contributed by atoms with van der Waals surface area (Å²) < 4.78 is 0. The maximum atomic E-state index is 3.41. The minimum Gasteiger partial charge on any atom is -0.319 e. The standard InChI is InChI=1S/C20H31N/c1-20(2)12-11-18(14-21-3)19(13-20)17-9-7-16(8-10-17)15-5-4-6-15/h7-10,15,18-19,21H,4-6,11-14H2,1-3H3. The van der Waals surface area contributed by atoms with Crippen molar-refractivity contribution in [1.29, 1.82) is 0 Å². The second-order valence-corrected chi connectivity index (χ2v) is 8.13. The summed E-state index contributed by atoms with van der Waals surface area (Å²) in [6.07, 6.45) is 8.30. The molecule has 1 N–H and O–H groups in total. The van der Waals surface area contributed by atoms with Gasteiger partial charge in [-0.25, -0.2) is 0 Å². The third-order valence-electron chi connectivity index (χ3n) is 5.94. The van der Waals surface area contributed by atoms with E-state index in [-0.39, 0.29) is 0 Å². The van der Waals surface area contributed by atoms with E-state index in [9.17, 15) is 0 Å². The van der Waals surface area contributed by atoms with Crippen molar-refractivity contribution in [3.63, 3.8) is 0 Å². The van der Waals surface area contributed by atoms with E-state index in [1.54, 1.807) is 11.1 Å². The van der Waals surface area contributed by atoms with E-state index >= 15 is 0 Å². The summed E-state index contributed by atoms with van der Waals surface area (Å²) in [5.74, 6) is 2.39. The van der Waals surface area contributed by atoms with E-state index in [1.807, 2.05) is 0 Å². The highest BCUT2D eigenvalue weighted by molar-refractivity contribution is 5.29. The Morgan fingerprint density at radius 3 is 2.29 bits per heavy atom. The van der Waals surface area contributed by atoms with Crippen molar-refractivity contribution in [1.82, 2.24) is 5.32 Å². The van der Waals surface area contributed by atoms with Gasteiger partial charge in [0.2, 0.25) is 0 Å². The second-order valence-electron chi connectivity index (χ2n) is 8.13. The van der Waals surface area contributed by atoms with Crippen LogP contribution in [0.1, 0.15) is 75.3 Å². The first kappa shape index (κ1) is 15.1. The normalized spacial score (nSPS) is 29.1. The SMILES string of the molecule is CNCC1CCC(C)(C)CC1c1ccc(C2CCC2)cc1. The van der Waals surface area contributed by atoms with Crippen LogP contribution < -0.4 is 5.32 Å². The Morgan fingerprint density at radius 2 is 1.71 bits per heavy atom. The smallest absolute Gasteiger partial charge is 0.00177 e. The molecule has 2 fully saturated rings. The van der Waals surface area contributed by atoms with Gasteiger partial charge in [0.05, 0.1) is 0 Å². The average Bonchev–Trinajstić information content (AvgIpc) is 2.40. The molecule has 21 heavy (non-hydrogen) atoms. The molecular formula is C20H31N. The highest BCUT2D eigenvalue weighted by atomic mass is 14.8. The highest BCUT2D eigenvalue weighted by Gasteiger charge is 2.35. The molecule has 2 atom stereocenters. The van der Waals surface area contributed by atoms with Gasteiger partial charge in [0, 0.05) is 0 Å². The highest BCUT2D eigenvalue weighted by Crippen LogP contribution is 2.47. The van der Waals surface area contributed by atoms with Crippen LogP contribution in [0.25, 0.3) is 0 Å². The van der Waals surface area contributed by atoms with Gasteiger partial charge in [0.1, 0.15) is 0 Å². The molecular weight excluding hydrogens is 254 g/mol. The van der Waals surface area contributed by atoms with Gasteiger partial charge in [-0.05, 0) is 80.0 Å². The Hall–Kier alpha value is -0.820. The fraction of sp³-hybridized carbons (Fsp3) is 0.700. The van der Waals surface area contributed by atoms with Crippen LogP contribution in [-0.2, 0) is 0 Å². The molecule has 2 aliphatic carbocycles. The fourth-order valence-electron chi connectivity index (χ4n) is 4.29. The van der Waals surface area contributed by atoms with Gasteiger partial charge in [0.15, 0.2) is 0 Å². The summed E-state index contributed by atoms with van der Waals surface area (Å²) in [4.78, 5) is 0. The summed E-state index contributed by atoms with van der Waals surface area (Å²) in [6.45, 7) is 6.04. The van der Waals surface area contributed by atoms with Crippen molar-refractivity contribution in [2.24, 2.45) is 11.3 Å². The molecule has 1 aromatic carbocycles. The summed E-state index contributed by atoms with van der Waals surface area (Å²) in [5.41, 5.74) is 3.65. The third kappa shape index (κ3) is 3.34. The molecule has 0 aromatic heterocycles. The Labute approximate surface area is 130 Å². The zero-order valence-corrected chi connectivity index (χ0v) is 14.0. The number of nitrogens with one attached hydrogen (secondary N) is 1. The molecule has 2 saturated carbocycles. The average molecular weight is 285 g/mol. The molecule has 0 spiro atoms. The Balaban J connectivity index is 1.77. The second kappa shape index (κ2) is 6.12. The van der Waals surface area contributed by atoms with Gasteiger partial charge >= 0.3 is 0 Å². The lowest BCUT2D eigenvalue weighted by atomic mass is 9.65. The lowest BCUT2D eigenvalue weighted by Crippen LogP contribution is -2.33. The Bertz CT molecular complexity index is 455. The van der Waals surface area contributed by atoms with Crippen molar-refractivity contribution in [2.75, 3.05) is 13.6 Å². The minimum absolute atomic E-state index is 0.502. The third-order valence-corrected chi connectivity index (χ3v) is 5.94. The molecule has 2 unspecified atom stereocenters. The summed E-state index contributed by atoms with van der Waals surface area (Å²) >= 11 is 0. The van der Waals surface area contributed by atoms with Gasteiger partial charge in [0.25, 0.3) is 0 Å². The van der Waals surface area contributed by atoms with Gasteiger partial charge in [-0.3, -0.25) is 0 Å². The molecule has 0 heterocycles. The van der Waals surface area contributed by atoms with Crippen LogP contribution in [0.4, 0.5) is 0 Å². The van der Waals surface area contributed by atoms with Crippen molar-refractivity contribution < 1.29 is 0 Å². The topological polar surface area (TPSA) is 12.0 Å². The predicted octanol–water partition coefficient (Wildman–Crippen LogP) is 5.08. The zero-order chi connectivity index (χ0) is 14.9. The number of rotatable bonds is 4. The van der Waals surface area contributed by atoms with Crippen molar-refractivity contribution >= 4 is 0 Å². The van der Waals surface area contributed by atoms with E-state index in [4.69, 9.17) is 0 Å². The van der Waals surface area contributed by atoms with Gasteiger partial charge in [-0.2, -0.15) is 0 Å². The van der Waals surface area contributed by atoms with Crippen LogP contribution in [0.5, 0.6) is 0 Å². The van der Waals surface area contributed by atoms with Crippen LogP contribution in [0, 0.1) is 11.3 Å². The number of hydrogen-bond acceptors (Lipinski definition) is 1. The first-order valence-electron chi connectivity index (χ1n) is 8.83. The number of hydrogen-bond donors (Lipinski definition) is 1. The maximum Gasteiger partial charge on any atom is -0.00177 e. The fourth-order valence-corrected chi connectivity index (χ4v) is 4.29.